The van der Waals surface area contributed by atoms with Crippen LogP contribution in [-0.2, 0) is 19.6 Å². The van der Waals surface area contributed by atoms with Gasteiger partial charge in [0.2, 0.25) is 15.8 Å². The van der Waals surface area contributed by atoms with Gasteiger partial charge in [0.25, 0.3) is 0 Å². The molecule has 0 amide bonds. The molecule has 136 valence electrons. The first-order valence-electron chi connectivity index (χ1n) is 7.58. The average molecular weight is 396 g/mol. The van der Waals surface area contributed by atoms with Crippen molar-refractivity contribution in [1.82, 2.24) is 0 Å². The number of ketones is 1. The normalized spacial score (nSPS) is 16.7. The Morgan fingerprint density at radius 1 is 1.12 bits per heavy atom. The Morgan fingerprint density at radius 2 is 1.77 bits per heavy atom. The van der Waals surface area contributed by atoms with Crippen molar-refractivity contribution in [3.05, 3.63) is 64.4 Å². The number of hydrogen-bond acceptors (Lipinski definition) is 4. The lowest BCUT2D eigenvalue weighted by atomic mass is 9.92. The van der Waals surface area contributed by atoms with Crippen molar-refractivity contribution in [1.29, 1.82) is 0 Å². The first-order valence-corrected chi connectivity index (χ1v) is 9.50. The summed E-state index contributed by atoms with van der Waals surface area (Å²) in [5, 5.41) is 5.34. The molecule has 2 aromatic carbocycles. The molecule has 1 aliphatic heterocycles. The maximum absolute atomic E-state index is 14.6. The highest BCUT2D eigenvalue weighted by atomic mass is 35.5. The third-order valence-corrected chi connectivity index (χ3v) is 5.26. The Labute approximate surface area is 155 Å². The summed E-state index contributed by atoms with van der Waals surface area (Å²) in [7, 11) is -4.06. The molecule has 0 aliphatic carbocycles. The van der Waals surface area contributed by atoms with Gasteiger partial charge in [-0.3, -0.25) is 4.79 Å². The summed E-state index contributed by atoms with van der Waals surface area (Å²) in [6.07, 6.45) is 0. The molecule has 2 aromatic rings. The fourth-order valence-corrected chi connectivity index (χ4v) is 3.47. The highest BCUT2D eigenvalue weighted by Crippen LogP contribution is 2.43. The second-order valence-electron chi connectivity index (χ2n) is 6.31. The number of benzene rings is 2. The summed E-state index contributed by atoms with van der Waals surface area (Å²) in [6, 6.07) is 9.82. The first kappa shape index (κ1) is 18.6. The molecule has 0 fully saturated rings. The summed E-state index contributed by atoms with van der Waals surface area (Å²) in [4.78, 5) is 12.4. The van der Waals surface area contributed by atoms with E-state index in [9.17, 15) is 17.6 Å². The van der Waals surface area contributed by atoms with Crippen molar-refractivity contribution in [3.8, 4) is 0 Å². The zero-order valence-electron chi connectivity index (χ0n) is 13.9. The molecule has 0 radical (unpaired) electrons. The van der Waals surface area contributed by atoms with Crippen LogP contribution < -0.4 is 5.14 Å². The zero-order valence-corrected chi connectivity index (χ0v) is 15.5. The van der Waals surface area contributed by atoms with Crippen LogP contribution in [0.3, 0.4) is 0 Å². The van der Waals surface area contributed by atoms with Gasteiger partial charge in [0.1, 0.15) is 11.6 Å². The van der Waals surface area contributed by atoms with Crippen LogP contribution in [-0.4, -0.2) is 19.8 Å². The second-order valence-corrected chi connectivity index (χ2v) is 8.28. The number of nitrogens with two attached hydrogens (primary N) is 1. The molecular formula is C18H15ClFNO4S. The highest BCUT2D eigenvalue weighted by molar-refractivity contribution is 7.89. The van der Waals surface area contributed by atoms with E-state index in [-0.39, 0.29) is 27.6 Å². The van der Waals surface area contributed by atoms with E-state index in [4.69, 9.17) is 21.5 Å². The minimum atomic E-state index is -4.06. The van der Waals surface area contributed by atoms with Crippen molar-refractivity contribution < 1.29 is 22.3 Å². The van der Waals surface area contributed by atoms with Crippen LogP contribution in [0.4, 0.5) is 4.39 Å². The lowest BCUT2D eigenvalue weighted by Gasteiger charge is -2.18. The lowest BCUT2D eigenvalue weighted by Crippen LogP contribution is -2.29. The average Bonchev–Trinajstić information content (AvgIpc) is 2.77. The smallest absolute Gasteiger partial charge is 0.238 e. The number of carbonyl (C=O) groups excluding carboxylic acids is 1. The largest absolute Gasteiger partial charge is 0.478 e. The molecule has 2 N–H and O–H groups in total. The molecule has 5 nitrogen and oxygen atoms in total. The molecule has 3 rings (SSSR count). The Hall–Kier alpha value is -2.22. The molecule has 0 spiro atoms. The van der Waals surface area contributed by atoms with Gasteiger partial charge in [-0.2, -0.15) is 0 Å². The van der Waals surface area contributed by atoms with E-state index in [0.29, 0.717) is 10.6 Å². The van der Waals surface area contributed by atoms with Crippen LogP contribution in [0.15, 0.2) is 47.4 Å². The maximum Gasteiger partial charge on any atom is 0.238 e. The molecular weight excluding hydrogens is 381 g/mol. The number of halogens is 2. The summed E-state index contributed by atoms with van der Waals surface area (Å²) < 4.78 is 43.1. The van der Waals surface area contributed by atoms with Crippen molar-refractivity contribution in [2.75, 3.05) is 0 Å². The minimum absolute atomic E-state index is 0.00608. The maximum atomic E-state index is 14.6. The first-order chi connectivity index (χ1) is 12.0. The van der Waals surface area contributed by atoms with Gasteiger partial charge in [-0.1, -0.05) is 29.8 Å². The van der Waals surface area contributed by atoms with Crippen LogP contribution in [0.25, 0.3) is 11.3 Å². The molecule has 0 aromatic heterocycles. The highest BCUT2D eigenvalue weighted by Gasteiger charge is 2.44. The summed E-state index contributed by atoms with van der Waals surface area (Å²) in [5.41, 5.74) is -0.710. The molecule has 0 saturated carbocycles. The molecule has 0 atom stereocenters. The van der Waals surface area contributed by atoms with Crippen LogP contribution >= 0.6 is 11.6 Å². The van der Waals surface area contributed by atoms with E-state index in [0.717, 1.165) is 12.1 Å². The number of hydrogen-bond donors (Lipinski definition) is 1. The number of ether oxygens (including phenoxy) is 1. The van der Waals surface area contributed by atoms with E-state index < -0.39 is 21.4 Å². The van der Waals surface area contributed by atoms with Crippen LogP contribution in [0.5, 0.6) is 0 Å². The van der Waals surface area contributed by atoms with E-state index in [1.807, 2.05) is 0 Å². The van der Waals surface area contributed by atoms with Gasteiger partial charge in [-0.25, -0.2) is 17.9 Å². The van der Waals surface area contributed by atoms with Gasteiger partial charge in [-0.05, 0) is 38.1 Å². The molecule has 26 heavy (non-hydrogen) atoms. The minimum Gasteiger partial charge on any atom is -0.478 e. The van der Waals surface area contributed by atoms with E-state index in [1.54, 1.807) is 38.1 Å². The molecule has 1 heterocycles. The second kappa shape index (κ2) is 6.19. The summed E-state index contributed by atoms with van der Waals surface area (Å²) in [6.45, 7) is 3.13. The van der Waals surface area contributed by atoms with Gasteiger partial charge < -0.3 is 4.74 Å². The van der Waals surface area contributed by atoms with Crippen molar-refractivity contribution >= 4 is 38.7 Å². The molecule has 0 saturated heterocycles. The summed E-state index contributed by atoms with van der Waals surface area (Å²) in [5.74, 6) is -1.22. The van der Waals surface area contributed by atoms with Gasteiger partial charge >= 0.3 is 0 Å². The fourth-order valence-electron chi connectivity index (χ4n) is 2.71. The van der Waals surface area contributed by atoms with E-state index >= 15 is 0 Å². The number of rotatable bonds is 3. The number of carbonyl (C=O) groups is 1. The van der Waals surface area contributed by atoms with Crippen LogP contribution in [0.2, 0.25) is 5.02 Å². The standard InChI is InChI=1S/C18H15ClFNO4S/c1-18(2)17(22)15(11-5-3-4-6-13(11)19)16(25-18)12-8-7-10(9-14(12)20)26(21,23)24/h3-9H,1-2H3,(H2,21,23,24). The van der Waals surface area contributed by atoms with Crippen LogP contribution in [0, 0.1) is 5.82 Å². The van der Waals surface area contributed by atoms with Crippen molar-refractivity contribution in [2.45, 2.75) is 24.3 Å². The topological polar surface area (TPSA) is 86.5 Å². The Balaban J connectivity index is 2.26. The van der Waals surface area contributed by atoms with Gasteiger partial charge in [0, 0.05) is 10.6 Å². The SMILES string of the molecule is CC1(C)OC(c2ccc(S(N)(=O)=O)cc2F)=C(c2ccccc2Cl)C1=O. The monoisotopic (exact) mass is 395 g/mol. The third-order valence-electron chi connectivity index (χ3n) is 4.02. The Bertz CT molecular complexity index is 1060. The number of sulfonamides is 1. The van der Waals surface area contributed by atoms with Crippen LogP contribution in [0.1, 0.15) is 25.0 Å². The molecule has 0 unspecified atom stereocenters. The van der Waals surface area contributed by atoms with Gasteiger partial charge in [-0.15, -0.1) is 0 Å². The van der Waals surface area contributed by atoms with Crippen molar-refractivity contribution in [3.63, 3.8) is 0 Å². The lowest BCUT2D eigenvalue weighted by molar-refractivity contribution is -0.125. The third kappa shape index (κ3) is 3.13. The fraction of sp³-hybridized carbons (Fsp3) is 0.167. The molecule has 0 bridgehead atoms. The predicted molar refractivity (Wildman–Crippen MR) is 96.2 cm³/mol. The molecule has 1 aliphatic rings. The van der Waals surface area contributed by atoms with Crippen molar-refractivity contribution in [2.24, 2.45) is 5.14 Å². The number of Topliss-reactive ketones (excluding diaryl/α,β-unsaturated/α-hetero) is 1. The number of primary sulfonamides is 1. The predicted octanol–water partition coefficient (Wildman–Crippen LogP) is 3.37. The van der Waals surface area contributed by atoms with E-state index in [2.05, 4.69) is 0 Å². The Morgan fingerprint density at radius 3 is 2.35 bits per heavy atom. The Kier molecular flexibility index (Phi) is 4.42. The quantitative estimate of drug-likeness (QED) is 0.863. The zero-order chi connectivity index (χ0) is 19.3. The van der Waals surface area contributed by atoms with Gasteiger partial charge in [0.15, 0.2) is 5.60 Å². The summed E-state index contributed by atoms with van der Waals surface area (Å²) >= 11 is 6.21. The van der Waals surface area contributed by atoms with E-state index in [1.165, 1.54) is 6.07 Å². The molecule has 8 heteroatoms. The van der Waals surface area contributed by atoms with Gasteiger partial charge in [0.05, 0.1) is 16.0 Å².